The van der Waals surface area contributed by atoms with Crippen molar-refractivity contribution in [2.75, 3.05) is 7.11 Å². The van der Waals surface area contributed by atoms with E-state index in [1.54, 1.807) is 16.7 Å². The van der Waals surface area contributed by atoms with E-state index >= 15 is 0 Å². The molecule has 0 atom stereocenters. The number of allylic oxidation sites excluding steroid dienone is 1. The number of aromatic nitrogens is 2. The molecule has 0 bridgehead atoms. The van der Waals surface area contributed by atoms with Gasteiger partial charge in [0, 0.05) is 17.5 Å². The Bertz CT molecular complexity index is 1350. The van der Waals surface area contributed by atoms with Crippen molar-refractivity contribution >= 4 is 39.2 Å². The molecule has 0 spiro atoms. The van der Waals surface area contributed by atoms with Gasteiger partial charge in [-0.1, -0.05) is 42.5 Å². The van der Waals surface area contributed by atoms with Crippen LogP contribution in [0.3, 0.4) is 0 Å². The zero-order valence-corrected chi connectivity index (χ0v) is 17.1. The van der Waals surface area contributed by atoms with Crippen LogP contribution in [0.4, 0.5) is 0 Å². The van der Waals surface area contributed by atoms with Gasteiger partial charge in [-0.2, -0.15) is 0 Å². The average Bonchev–Trinajstić information content (AvgIpc) is 3.39. The Morgan fingerprint density at radius 3 is 2.63 bits per heavy atom. The molecular weight excluding hydrogens is 396 g/mol. The maximum Gasteiger partial charge on any atom is 0.337 e. The van der Waals surface area contributed by atoms with Gasteiger partial charge in [-0.25, -0.2) is 9.78 Å². The number of carbonyl (C=O) groups is 1. The third kappa shape index (κ3) is 3.06. The minimum Gasteiger partial charge on any atom is -0.465 e. The van der Waals surface area contributed by atoms with Crippen molar-refractivity contribution in [1.82, 2.24) is 9.55 Å². The first-order chi connectivity index (χ1) is 14.7. The van der Waals surface area contributed by atoms with Crippen LogP contribution in [0.1, 0.15) is 28.2 Å². The molecule has 1 aliphatic heterocycles. The molecule has 0 amide bonds. The number of benzene rings is 2. The van der Waals surface area contributed by atoms with Gasteiger partial charge in [0.25, 0.3) is 5.56 Å². The molecule has 2 aromatic carbocycles. The predicted molar refractivity (Wildman–Crippen MR) is 120 cm³/mol. The largest absolute Gasteiger partial charge is 0.465 e. The molecule has 0 aliphatic carbocycles. The molecule has 3 heterocycles. The fraction of sp³-hybridized carbons (Fsp3) is 0.125. The molecule has 5 nitrogen and oxygen atoms in total. The zero-order valence-electron chi connectivity index (χ0n) is 16.3. The van der Waals surface area contributed by atoms with Gasteiger partial charge in [0.2, 0.25) is 0 Å². The Balaban J connectivity index is 1.57. The van der Waals surface area contributed by atoms with E-state index in [-0.39, 0.29) is 11.5 Å². The summed E-state index contributed by atoms with van der Waals surface area (Å²) in [6, 6.07) is 17.2. The lowest BCUT2D eigenvalue weighted by Gasteiger charge is -2.05. The fourth-order valence-corrected chi connectivity index (χ4v) is 4.76. The Morgan fingerprint density at radius 1 is 1.13 bits per heavy atom. The zero-order chi connectivity index (χ0) is 20.7. The minimum absolute atomic E-state index is 0.0135. The lowest BCUT2D eigenvalue weighted by Crippen LogP contribution is -2.20. The van der Waals surface area contributed by atoms with Crippen LogP contribution in [0.5, 0.6) is 0 Å². The van der Waals surface area contributed by atoms with Crippen LogP contribution >= 0.6 is 11.3 Å². The third-order valence-electron chi connectivity index (χ3n) is 5.34. The highest BCUT2D eigenvalue weighted by atomic mass is 32.1. The predicted octanol–water partition coefficient (Wildman–Crippen LogP) is 4.86. The first kappa shape index (κ1) is 18.5. The number of carbonyl (C=O) groups excluding carboxylic acids is 1. The lowest BCUT2D eigenvalue weighted by molar-refractivity contribution is 0.0600. The minimum atomic E-state index is -0.358. The molecule has 0 radical (unpaired) electrons. The van der Waals surface area contributed by atoms with Crippen LogP contribution in [0.2, 0.25) is 0 Å². The highest BCUT2D eigenvalue weighted by Crippen LogP contribution is 2.34. The number of rotatable bonds is 3. The number of nitrogens with zero attached hydrogens (tertiary/aromatic N) is 2. The summed E-state index contributed by atoms with van der Waals surface area (Å²) in [5.41, 5.74) is 4.47. The van der Waals surface area contributed by atoms with E-state index in [0.717, 1.165) is 39.3 Å². The molecule has 2 aromatic heterocycles. The summed E-state index contributed by atoms with van der Waals surface area (Å²) >= 11 is 1.50. The molecule has 5 rings (SSSR count). The second-order valence-corrected chi connectivity index (χ2v) is 7.98. The van der Waals surface area contributed by atoms with Gasteiger partial charge in [-0.05, 0) is 41.3 Å². The Kier molecular flexibility index (Phi) is 4.56. The normalized spacial score (nSPS) is 14.2. The van der Waals surface area contributed by atoms with Gasteiger partial charge in [0.05, 0.1) is 18.1 Å². The van der Waals surface area contributed by atoms with E-state index in [1.807, 2.05) is 53.9 Å². The van der Waals surface area contributed by atoms with Gasteiger partial charge < -0.3 is 4.74 Å². The van der Waals surface area contributed by atoms with Crippen molar-refractivity contribution in [3.8, 4) is 11.1 Å². The molecule has 0 saturated carbocycles. The number of esters is 1. The van der Waals surface area contributed by atoms with Crippen molar-refractivity contribution in [3.05, 3.63) is 87.3 Å². The Hall–Kier alpha value is -3.51. The highest BCUT2D eigenvalue weighted by molar-refractivity contribution is 7.17. The van der Waals surface area contributed by atoms with Crippen molar-refractivity contribution in [2.24, 2.45) is 0 Å². The molecule has 0 saturated heterocycles. The summed E-state index contributed by atoms with van der Waals surface area (Å²) < 4.78 is 6.52. The summed E-state index contributed by atoms with van der Waals surface area (Å²) in [4.78, 5) is 30.5. The van der Waals surface area contributed by atoms with Crippen molar-refractivity contribution in [3.63, 3.8) is 0 Å². The summed E-state index contributed by atoms with van der Waals surface area (Å²) in [5, 5.41) is 2.71. The van der Waals surface area contributed by atoms with E-state index in [9.17, 15) is 9.59 Å². The van der Waals surface area contributed by atoms with E-state index in [0.29, 0.717) is 17.5 Å². The van der Waals surface area contributed by atoms with Crippen LogP contribution in [0.25, 0.3) is 33.0 Å². The van der Waals surface area contributed by atoms with Crippen molar-refractivity contribution in [1.29, 1.82) is 0 Å². The Morgan fingerprint density at radius 2 is 1.90 bits per heavy atom. The smallest absolute Gasteiger partial charge is 0.337 e. The second-order valence-electron chi connectivity index (χ2n) is 7.12. The van der Waals surface area contributed by atoms with Crippen LogP contribution < -0.4 is 5.56 Å². The molecular formula is C24H18N2O3S. The SMILES string of the molecule is COC(=O)c1ccc(/C=C2\CCn3c2nc2scc(-c4ccccc4)c2c3=O)cc1. The lowest BCUT2D eigenvalue weighted by atomic mass is 10.1. The average molecular weight is 414 g/mol. The van der Waals surface area contributed by atoms with Gasteiger partial charge >= 0.3 is 5.97 Å². The Labute approximate surface area is 176 Å². The molecule has 0 unspecified atom stereocenters. The molecule has 6 heteroatoms. The first-order valence-electron chi connectivity index (χ1n) is 9.62. The molecule has 148 valence electrons. The number of hydrogen-bond acceptors (Lipinski definition) is 5. The number of ether oxygens (including phenoxy) is 1. The van der Waals surface area contributed by atoms with Gasteiger partial charge in [0.1, 0.15) is 10.7 Å². The first-order valence-corrected chi connectivity index (χ1v) is 10.5. The van der Waals surface area contributed by atoms with Crippen molar-refractivity contribution < 1.29 is 9.53 Å². The summed E-state index contributed by atoms with van der Waals surface area (Å²) in [5.74, 6) is 0.369. The van der Waals surface area contributed by atoms with Gasteiger partial charge in [-0.3, -0.25) is 9.36 Å². The maximum absolute atomic E-state index is 13.3. The summed E-state index contributed by atoms with van der Waals surface area (Å²) in [6.07, 6.45) is 2.78. The fourth-order valence-electron chi connectivity index (χ4n) is 3.82. The van der Waals surface area contributed by atoms with E-state index < -0.39 is 0 Å². The van der Waals surface area contributed by atoms with Crippen molar-refractivity contribution in [2.45, 2.75) is 13.0 Å². The van der Waals surface area contributed by atoms with E-state index in [1.165, 1.54) is 18.4 Å². The van der Waals surface area contributed by atoms with E-state index in [2.05, 4.69) is 0 Å². The monoisotopic (exact) mass is 414 g/mol. The number of fused-ring (bicyclic) bond motifs is 2. The van der Waals surface area contributed by atoms with Crippen LogP contribution in [-0.4, -0.2) is 22.6 Å². The topological polar surface area (TPSA) is 61.2 Å². The molecule has 0 N–H and O–H groups in total. The molecule has 4 aromatic rings. The summed E-state index contributed by atoms with van der Waals surface area (Å²) in [6.45, 7) is 0.618. The standard InChI is InChI=1S/C24H18N2O3S/c1-29-24(28)17-9-7-15(8-10-17)13-18-11-12-26-21(18)25-22-20(23(26)27)19(14-30-22)16-5-3-2-4-6-16/h2-10,13-14H,11-12H2,1H3/b18-13+. The van der Waals surface area contributed by atoms with Gasteiger partial charge in [0.15, 0.2) is 0 Å². The van der Waals surface area contributed by atoms with Gasteiger partial charge in [-0.15, -0.1) is 11.3 Å². The third-order valence-corrected chi connectivity index (χ3v) is 6.22. The highest BCUT2D eigenvalue weighted by Gasteiger charge is 2.23. The molecule has 1 aliphatic rings. The van der Waals surface area contributed by atoms with Crippen LogP contribution in [0, 0.1) is 0 Å². The van der Waals surface area contributed by atoms with Crippen LogP contribution in [-0.2, 0) is 11.3 Å². The maximum atomic E-state index is 13.3. The second kappa shape index (κ2) is 7.39. The number of thiophene rings is 1. The quantitative estimate of drug-likeness (QED) is 0.450. The van der Waals surface area contributed by atoms with E-state index in [4.69, 9.17) is 9.72 Å². The molecule has 30 heavy (non-hydrogen) atoms. The molecule has 0 fully saturated rings. The number of hydrogen-bond donors (Lipinski definition) is 0. The summed E-state index contributed by atoms with van der Waals surface area (Å²) in [7, 11) is 1.37. The van der Waals surface area contributed by atoms with Crippen LogP contribution in [0.15, 0.2) is 64.8 Å². The number of methoxy groups -OCH3 is 1.